The van der Waals surface area contributed by atoms with Gasteiger partial charge in [0.25, 0.3) is 11.1 Å². The number of ether oxygens (including phenoxy) is 2. The van der Waals surface area contributed by atoms with Crippen molar-refractivity contribution in [3.05, 3.63) is 46.9 Å². The molecule has 27 heavy (non-hydrogen) atoms. The number of hydrogen-bond acceptors (Lipinski definition) is 6. The Hall–Kier alpha value is -2.80. The molecule has 1 aliphatic heterocycles. The zero-order valence-electron chi connectivity index (χ0n) is 15.1. The smallest absolute Gasteiger partial charge is 0.326 e. The first-order valence-corrected chi connectivity index (χ1v) is 9.42. The maximum atomic E-state index is 12.6. The molecule has 0 aromatic heterocycles. The van der Waals surface area contributed by atoms with Crippen molar-refractivity contribution in [2.75, 3.05) is 19.8 Å². The number of rotatable bonds is 6. The molecule has 1 heterocycles. The van der Waals surface area contributed by atoms with E-state index < -0.39 is 17.1 Å². The number of carbonyl (C=O) groups is 3. The number of amides is 2. The molecule has 0 bridgehead atoms. The Labute approximate surface area is 161 Å². The first-order valence-electron chi connectivity index (χ1n) is 8.60. The molecule has 0 saturated carbocycles. The summed E-state index contributed by atoms with van der Waals surface area (Å²) < 4.78 is 10.5. The highest BCUT2D eigenvalue weighted by atomic mass is 32.2. The van der Waals surface area contributed by atoms with Crippen molar-refractivity contribution >= 4 is 45.7 Å². The van der Waals surface area contributed by atoms with Gasteiger partial charge >= 0.3 is 5.97 Å². The van der Waals surface area contributed by atoms with Crippen LogP contribution < -0.4 is 4.74 Å². The number of nitrogens with zero attached hydrogens (tertiary/aromatic N) is 1. The summed E-state index contributed by atoms with van der Waals surface area (Å²) in [6.07, 6.45) is 1.66. The van der Waals surface area contributed by atoms with Crippen LogP contribution in [0.5, 0.6) is 5.75 Å². The van der Waals surface area contributed by atoms with Gasteiger partial charge in [-0.3, -0.25) is 19.3 Å². The minimum atomic E-state index is -0.610. The van der Waals surface area contributed by atoms with Gasteiger partial charge in [-0.15, -0.1) is 0 Å². The van der Waals surface area contributed by atoms with Gasteiger partial charge in [0.15, 0.2) is 0 Å². The highest BCUT2D eigenvalue weighted by Gasteiger charge is 2.36. The van der Waals surface area contributed by atoms with E-state index in [1.807, 2.05) is 43.3 Å². The predicted molar refractivity (Wildman–Crippen MR) is 104 cm³/mol. The number of thioether (sulfide) groups is 1. The second kappa shape index (κ2) is 8.26. The van der Waals surface area contributed by atoms with Crippen molar-refractivity contribution in [3.63, 3.8) is 0 Å². The fourth-order valence-corrected chi connectivity index (χ4v) is 3.63. The monoisotopic (exact) mass is 385 g/mol. The van der Waals surface area contributed by atoms with Gasteiger partial charge in [-0.05, 0) is 48.5 Å². The number of fused-ring (bicyclic) bond motifs is 1. The van der Waals surface area contributed by atoms with E-state index in [9.17, 15) is 14.4 Å². The highest BCUT2D eigenvalue weighted by Crippen LogP contribution is 2.36. The molecule has 0 unspecified atom stereocenters. The normalized spacial score (nSPS) is 15.6. The van der Waals surface area contributed by atoms with Gasteiger partial charge in [0.1, 0.15) is 12.3 Å². The standard InChI is InChI=1S/C20H19NO5S/c1-3-25-16-10-9-13-7-5-6-8-14(13)15(16)11-17-19(23)21(20(24)27-17)12-18(22)26-4-2/h5-11H,3-4,12H2,1-2H3/b17-11+. The lowest BCUT2D eigenvalue weighted by molar-refractivity contribution is -0.145. The Morgan fingerprint density at radius 2 is 1.89 bits per heavy atom. The van der Waals surface area contributed by atoms with Crippen molar-refractivity contribution in [3.8, 4) is 5.75 Å². The van der Waals surface area contributed by atoms with E-state index >= 15 is 0 Å². The van der Waals surface area contributed by atoms with E-state index in [-0.39, 0.29) is 18.1 Å². The van der Waals surface area contributed by atoms with Gasteiger partial charge in [-0.1, -0.05) is 30.3 Å². The van der Waals surface area contributed by atoms with Gasteiger partial charge in [-0.25, -0.2) is 0 Å². The van der Waals surface area contributed by atoms with Gasteiger partial charge in [0.2, 0.25) is 0 Å². The molecule has 2 aromatic carbocycles. The number of benzene rings is 2. The Morgan fingerprint density at radius 1 is 1.11 bits per heavy atom. The SMILES string of the molecule is CCOC(=O)CN1C(=O)S/C(=C/c2c(OCC)ccc3ccccc23)C1=O. The molecule has 0 spiro atoms. The van der Waals surface area contributed by atoms with Crippen LogP contribution in [0, 0.1) is 0 Å². The third kappa shape index (κ3) is 3.98. The molecule has 2 aromatic rings. The summed E-state index contributed by atoms with van der Waals surface area (Å²) in [5.74, 6) is -0.483. The fourth-order valence-electron chi connectivity index (χ4n) is 2.81. The topological polar surface area (TPSA) is 72.9 Å². The summed E-state index contributed by atoms with van der Waals surface area (Å²) in [5.41, 5.74) is 0.733. The molecule has 2 amide bonds. The lowest BCUT2D eigenvalue weighted by Gasteiger charge is -2.12. The van der Waals surface area contributed by atoms with Crippen LogP contribution in [0.25, 0.3) is 16.8 Å². The van der Waals surface area contributed by atoms with E-state index in [1.54, 1.807) is 13.0 Å². The molecule has 1 aliphatic rings. The Balaban J connectivity index is 1.99. The number of imide groups is 1. The molecule has 0 atom stereocenters. The molecule has 0 aliphatic carbocycles. The summed E-state index contributed by atoms with van der Waals surface area (Å²) in [6, 6.07) is 11.5. The lowest BCUT2D eigenvalue weighted by Crippen LogP contribution is -2.34. The third-order valence-corrected chi connectivity index (χ3v) is 4.88. The molecule has 3 rings (SSSR count). The van der Waals surface area contributed by atoms with Crippen LogP contribution in [0.1, 0.15) is 19.4 Å². The zero-order chi connectivity index (χ0) is 19.4. The highest BCUT2D eigenvalue weighted by molar-refractivity contribution is 8.18. The van der Waals surface area contributed by atoms with Crippen LogP contribution >= 0.6 is 11.8 Å². The Kier molecular flexibility index (Phi) is 5.81. The van der Waals surface area contributed by atoms with E-state index in [2.05, 4.69) is 0 Å². The van der Waals surface area contributed by atoms with E-state index in [0.29, 0.717) is 12.4 Å². The van der Waals surface area contributed by atoms with Crippen LogP contribution in [-0.4, -0.2) is 41.8 Å². The lowest BCUT2D eigenvalue weighted by atomic mass is 10.0. The molecule has 0 radical (unpaired) electrons. The molecule has 7 heteroatoms. The Bertz CT molecular complexity index is 937. The van der Waals surface area contributed by atoms with Crippen molar-refractivity contribution in [1.29, 1.82) is 0 Å². The first kappa shape index (κ1) is 19.0. The van der Waals surface area contributed by atoms with Gasteiger partial charge < -0.3 is 9.47 Å². The van der Waals surface area contributed by atoms with Gasteiger partial charge in [-0.2, -0.15) is 0 Å². The molecule has 1 saturated heterocycles. The summed E-state index contributed by atoms with van der Waals surface area (Å²) in [6.45, 7) is 3.83. The van der Waals surface area contributed by atoms with Crippen LogP contribution in [0.15, 0.2) is 41.3 Å². The van der Waals surface area contributed by atoms with E-state index in [4.69, 9.17) is 9.47 Å². The zero-order valence-corrected chi connectivity index (χ0v) is 15.9. The van der Waals surface area contributed by atoms with Gasteiger partial charge in [0, 0.05) is 5.56 Å². The van der Waals surface area contributed by atoms with Crippen LogP contribution in [0.2, 0.25) is 0 Å². The van der Waals surface area contributed by atoms with E-state index in [1.165, 1.54) is 0 Å². The maximum Gasteiger partial charge on any atom is 0.326 e. The maximum absolute atomic E-state index is 12.6. The quantitative estimate of drug-likeness (QED) is 0.556. The summed E-state index contributed by atoms with van der Waals surface area (Å²) >= 11 is 0.807. The molecule has 140 valence electrons. The largest absolute Gasteiger partial charge is 0.493 e. The summed E-state index contributed by atoms with van der Waals surface area (Å²) in [5, 5.41) is 1.43. The van der Waals surface area contributed by atoms with Crippen LogP contribution in [0.4, 0.5) is 4.79 Å². The minimum absolute atomic E-state index is 0.193. The van der Waals surface area contributed by atoms with Gasteiger partial charge in [0.05, 0.1) is 18.1 Å². The van der Waals surface area contributed by atoms with Crippen LogP contribution in [-0.2, 0) is 14.3 Å². The molecular formula is C20H19NO5S. The average molecular weight is 385 g/mol. The average Bonchev–Trinajstić information content (AvgIpc) is 2.91. The predicted octanol–water partition coefficient (Wildman–Crippen LogP) is 3.84. The Morgan fingerprint density at radius 3 is 2.63 bits per heavy atom. The fraction of sp³-hybridized carbons (Fsp3) is 0.250. The van der Waals surface area contributed by atoms with Crippen molar-refractivity contribution in [2.24, 2.45) is 0 Å². The first-order chi connectivity index (χ1) is 13.0. The summed E-state index contributed by atoms with van der Waals surface area (Å²) in [7, 11) is 0. The second-order valence-corrected chi connectivity index (χ2v) is 6.70. The minimum Gasteiger partial charge on any atom is -0.493 e. The number of hydrogen-bond donors (Lipinski definition) is 0. The van der Waals surface area contributed by atoms with Crippen molar-refractivity contribution < 1.29 is 23.9 Å². The molecule has 6 nitrogen and oxygen atoms in total. The van der Waals surface area contributed by atoms with Crippen LogP contribution in [0.3, 0.4) is 0 Å². The summed E-state index contributed by atoms with van der Waals surface area (Å²) in [4.78, 5) is 37.6. The third-order valence-electron chi connectivity index (χ3n) is 3.97. The van der Waals surface area contributed by atoms with Crippen molar-refractivity contribution in [1.82, 2.24) is 4.90 Å². The molecular weight excluding hydrogens is 366 g/mol. The van der Waals surface area contributed by atoms with Crippen molar-refractivity contribution in [2.45, 2.75) is 13.8 Å². The molecule has 0 N–H and O–H groups in total. The van der Waals surface area contributed by atoms with E-state index in [0.717, 1.165) is 33.0 Å². The second-order valence-electron chi connectivity index (χ2n) is 5.70. The number of carbonyl (C=O) groups excluding carboxylic acids is 3. The molecule has 1 fully saturated rings. The number of esters is 1.